The molecule has 21 heavy (non-hydrogen) atoms. The Kier molecular flexibility index (Phi) is 5.39. The van der Waals surface area contributed by atoms with Gasteiger partial charge in [0.25, 0.3) is 5.91 Å². The predicted molar refractivity (Wildman–Crippen MR) is 85.3 cm³/mol. The van der Waals surface area contributed by atoms with Gasteiger partial charge in [-0.2, -0.15) is 0 Å². The highest BCUT2D eigenvalue weighted by molar-refractivity contribution is 9.10. The van der Waals surface area contributed by atoms with E-state index in [4.69, 9.17) is 5.11 Å². The number of aliphatic hydroxyl groups is 1. The Morgan fingerprint density at radius 3 is 2.86 bits per heavy atom. The van der Waals surface area contributed by atoms with E-state index in [9.17, 15) is 9.90 Å². The lowest BCUT2D eigenvalue weighted by atomic mass is 10.2. The van der Waals surface area contributed by atoms with Crippen molar-refractivity contribution in [2.24, 2.45) is 0 Å². The van der Waals surface area contributed by atoms with Crippen molar-refractivity contribution < 1.29 is 15.0 Å². The number of aromatic hydroxyl groups is 1. The first-order valence-electron chi connectivity index (χ1n) is 6.05. The van der Waals surface area contributed by atoms with Gasteiger partial charge in [0.1, 0.15) is 12.4 Å². The van der Waals surface area contributed by atoms with Gasteiger partial charge < -0.3 is 15.5 Å². The van der Waals surface area contributed by atoms with Gasteiger partial charge in [0.05, 0.1) is 15.9 Å². The summed E-state index contributed by atoms with van der Waals surface area (Å²) in [4.78, 5) is 13.8. The van der Waals surface area contributed by atoms with Gasteiger partial charge in [0.2, 0.25) is 0 Å². The van der Waals surface area contributed by atoms with Gasteiger partial charge in [-0.25, -0.2) is 0 Å². The molecular formula is C15H12BrNO3S. The maximum absolute atomic E-state index is 12.0. The van der Waals surface area contributed by atoms with Gasteiger partial charge in [-0.1, -0.05) is 11.8 Å². The topological polar surface area (TPSA) is 69.6 Å². The van der Waals surface area contributed by atoms with Crippen LogP contribution in [0.1, 0.15) is 20.1 Å². The molecule has 0 aliphatic carbocycles. The second kappa shape index (κ2) is 7.27. The summed E-state index contributed by atoms with van der Waals surface area (Å²) in [5.74, 6) is 5.16. The zero-order valence-electron chi connectivity index (χ0n) is 10.9. The van der Waals surface area contributed by atoms with E-state index in [1.807, 2.05) is 12.1 Å². The number of amides is 1. The van der Waals surface area contributed by atoms with Crippen molar-refractivity contribution in [1.82, 2.24) is 5.32 Å². The molecular weight excluding hydrogens is 354 g/mol. The van der Waals surface area contributed by atoms with Gasteiger partial charge in [-0.3, -0.25) is 4.79 Å². The van der Waals surface area contributed by atoms with Crippen molar-refractivity contribution in [3.8, 4) is 17.6 Å². The second-order valence-corrected chi connectivity index (χ2v) is 6.10. The predicted octanol–water partition coefficient (Wildman–Crippen LogP) is 2.49. The van der Waals surface area contributed by atoms with Crippen LogP contribution >= 0.6 is 27.3 Å². The smallest absolute Gasteiger partial charge is 0.251 e. The van der Waals surface area contributed by atoms with Crippen LogP contribution in [0.5, 0.6) is 5.75 Å². The summed E-state index contributed by atoms with van der Waals surface area (Å²) < 4.78 is 0.546. The first-order valence-corrected chi connectivity index (χ1v) is 7.66. The number of phenols is 1. The lowest BCUT2D eigenvalue weighted by Gasteiger charge is -2.05. The standard InChI is InChI=1S/C15H12BrNO3S/c16-13-6-3-10(8-14(13)19)15(20)17-9-12-5-4-11(21-12)2-1-7-18/h3-6,8,18-19H,7,9H2,(H,17,20). The molecule has 2 aromatic rings. The summed E-state index contributed by atoms with van der Waals surface area (Å²) in [6, 6.07) is 8.39. The fourth-order valence-corrected chi connectivity index (χ4v) is 2.66. The monoisotopic (exact) mass is 365 g/mol. The third-order valence-electron chi connectivity index (χ3n) is 2.58. The molecule has 6 heteroatoms. The third kappa shape index (κ3) is 4.33. The maximum Gasteiger partial charge on any atom is 0.251 e. The molecule has 1 heterocycles. The minimum absolute atomic E-state index is 0.0281. The molecule has 0 saturated carbocycles. The molecule has 1 amide bonds. The minimum atomic E-state index is -0.255. The number of carbonyl (C=O) groups is 1. The average molecular weight is 366 g/mol. The number of rotatable bonds is 3. The van der Waals surface area contributed by atoms with E-state index in [2.05, 4.69) is 33.1 Å². The largest absolute Gasteiger partial charge is 0.507 e. The Morgan fingerprint density at radius 1 is 1.33 bits per heavy atom. The lowest BCUT2D eigenvalue weighted by molar-refractivity contribution is 0.0951. The zero-order valence-corrected chi connectivity index (χ0v) is 13.3. The van der Waals surface area contributed by atoms with Crippen LogP contribution in [-0.2, 0) is 6.54 Å². The first kappa shape index (κ1) is 15.6. The van der Waals surface area contributed by atoms with Crippen LogP contribution in [0, 0.1) is 11.8 Å². The van der Waals surface area contributed by atoms with Crippen molar-refractivity contribution in [3.05, 3.63) is 50.1 Å². The molecule has 0 saturated heterocycles. The first-order chi connectivity index (χ1) is 10.1. The SMILES string of the molecule is O=C(NCc1ccc(C#CCO)s1)c1ccc(Br)c(O)c1. The highest BCUT2D eigenvalue weighted by atomic mass is 79.9. The molecule has 0 atom stereocenters. The van der Waals surface area contributed by atoms with Crippen LogP contribution in [0.2, 0.25) is 0 Å². The normalized spacial score (nSPS) is 9.81. The molecule has 0 aliphatic heterocycles. The van der Waals surface area contributed by atoms with E-state index in [1.165, 1.54) is 17.4 Å². The van der Waals surface area contributed by atoms with Crippen molar-refractivity contribution in [2.75, 3.05) is 6.61 Å². The molecule has 4 nitrogen and oxygen atoms in total. The highest BCUT2D eigenvalue weighted by Crippen LogP contribution is 2.24. The summed E-state index contributed by atoms with van der Waals surface area (Å²) >= 11 is 4.63. The van der Waals surface area contributed by atoms with Crippen LogP contribution in [-0.4, -0.2) is 22.7 Å². The maximum atomic E-state index is 12.0. The molecule has 0 bridgehead atoms. The summed E-state index contributed by atoms with van der Waals surface area (Å²) in [6.07, 6.45) is 0. The molecule has 0 unspecified atom stereocenters. The van der Waals surface area contributed by atoms with Gasteiger partial charge in [0, 0.05) is 10.4 Å². The number of aliphatic hydroxyl groups excluding tert-OH is 1. The molecule has 108 valence electrons. The van der Waals surface area contributed by atoms with Crippen LogP contribution in [0.3, 0.4) is 0 Å². The fourth-order valence-electron chi connectivity index (χ4n) is 1.59. The number of carbonyl (C=O) groups excluding carboxylic acids is 1. The number of thiophene rings is 1. The van der Waals surface area contributed by atoms with Crippen LogP contribution in [0.15, 0.2) is 34.8 Å². The van der Waals surface area contributed by atoms with Gasteiger partial charge in [0.15, 0.2) is 0 Å². The number of hydrogen-bond acceptors (Lipinski definition) is 4. The Balaban J connectivity index is 1.97. The number of phenolic OH excluding ortho intramolecular Hbond substituents is 1. The van der Waals surface area contributed by atoms with E-state index in [-0.39, 0.29) is 18.3 Å². The Morgan fingerprint density at radius 2 is 2.14 bits per heavy atom. The van der Waals surface area contributed by atoms with Crippen molar-refractivity contribution in [2.45, 2.75) is 6.54 Å². The van der Waals surface area contributed by atoms with Crippen molar-refractivity contribution in [1.29, 1.82) is 0 Å². The van der Waals surface area contributed by atoms with E-state index in [0.717, 1.165) is 9.75 Å². The van der Waals surface area contributed by atoms with E-state index in [1.54, 1.807) is 12.1 Å². The fraction of sp³-hybridized carbons (Fsp3) is 0.133. The van der Waals surface area contributed by atoms with E-state index >= 15 is 0 Å². The molecule has 1 aromatic heterocycles. The average Bonchev–Trinajstić information content (AvgIpc) is 2.93. The third-order valence-corrected chi connectivity index (χ3v) is 4.26. The Labute approximate surface area is 134 Å². The van der Waals surface area contributed by atoms with Crippen LogP contribution < -0.4 is 5.32 Å². The number of halogens is 1. The summed E-state index contributed by atoms with van der Waals surface area (Å²) in [6.45, 7) is 0.220. The van der Waals surface area contributed by atoms with Crippen molar-refractivity contribution in [3.63, 3.8) is 0 Å². The van der Waals surface area contributed by atoms with Crippen molar-refractivity contribution >= 4 is 33.2 Å². The molecule has 0 radical (unpaired) electrons. The Hall–Kier alpha value is -1.81. The molecule has 0 fully saturated rings. The quantitative estimate of drug-likeness (QED) is 0.731. The second-order valence-electron chi connectivity index (χ2n) is 4.07. The minimum Gasteiger partial charge on any atom is -0.507 e. The zero-order chi connectivity index (χ0) is 15.2. The van der Waals surface area contributed by atoms with Crippen LogP contribution in [0.25, 0.3) is 0 Å². The molecule has 1 aromatic carbocycles. The Bertz CT molecular complexity index is 715. The molecule has 3 N–H and O–H groups in total. The number of nitrogens with one attached hydrogen (secondary N) is 1. The molecule has 2 rings (SSSR count). The van der Waals surface area contributed by atoms with Gasteiger partial charge >= 0.3 is 0 Å². The highest BCUT2D eigenvalue weighted by Gasteiger charge is 2.08. The summed E-state index contributed by atoms with van der Waals surface area (Å²) in [5.41, 5.74) is 0.396. The van der Waals surface area contributed by atoms with E-state index in [0.29, 0.717) is 16.6 Å². The van der Waals surface area contributed by atoms with E-state index < -0.39 is 0 Å². The summed E-state index contributed by atoms with van der Waals surface area (Å²) in [7, 11) is 0. The number of hydrogen-bond donors (Lipinski definition) is 3. The van der Waals surface area contributed by atoms with Gasteiger partial charge in [-0.05, 0) is 46.3 Å². The molecule has 0 spiro atoms. The lowest BCUT2D eigenvalue weighted by Crippen LogP contribution is -2.22. The van der Waals surface area contributed by atoms with Crippen LogP contribution in [0.4, 0.5) is 0 Å². The molecule has 0 aliphatic rings. The summed E-state index contributed by atoms with van der Waals surface area (Å²) in [5, 5.41) is 21.0. The van der Waals surface area contributed by atoms with Gasteiger partial charge in [-0.15, -0.1) is 11.3 Å². The number of benzene rings is 1.